The summed E-state index contributed by atoms with van der Waals surface area (Å²) in [5.74, 6) is -1.02. The maximum absolute atomic E-state index is 13.1. The molecule has 2 aliphatic rings. The molecule has 1 fully saturated rings. The number of carbonyl (C=O) groups is 2. The van der Waals surface area contributed by atoms with E-state index in [1.165, 1.54) is 0 Å². The molecular weight excluding hydrogens is 382 g/mol. The smallest absolute Gasteiger partial charge is 0.258 e. The Kier molecular flexibility index (Phi) is 4.46. The predicted octanol–water partition coefficient (Wildman–Crippen LogP) is 2.59. The van der Waals surface area contributed by atoms with Crippen molar-refractivity contribution in [1.29, 1.82) is 0 Å². The molecule has 1 atom stereocenters. The first-order valence-electron chi connectivity index (χ1n) is 10.1. The number of nitrogens with zero attached hydrogens (tertiary/aromatic N) is 2. The van der Waals surface area contributed by atoms with Gasteiger partial charge in [-0.25, -0.2) is 0 Å². The molecule has 2 aromatic carbocycles. The van der Waals surface area contributed by atoms with Gasteiger partial charge in [-0.1, -0.05) is 36.4 Å². The number of aromatic nitrogens is 2. The second-order valence-electron chi connectivity index (χ2n) is 7.67. The van der Waals surface area contributed by atoms with Gasteiger partial charge in [-0.05, 0) is 24.3 Å². The number of hydrogen-bond acceptors (Lipinski definition) is 5. The third-order valence-electron chi connectivity index (χ3n) is 5.71. The van der Waals surface area contributed by atoms with Crippen molar-refractivity contribution in [3.63, 3.8) is 0 Å². The van der Waals surface area contributed by atoms with Gasteiger partial charge in [0.15, 0.2) is 0 Å². The number of hydrogen-bond donors (Lipinski definition) is 3. The van der Waals surface area contributed by atoms with E-state index in [2.05, 4.69) is 20.6 Å². The number of amides is 2. The van der Waals surface area contributed by atoms with E-state index >= 15 is 0 Å². The van der Waals surface area contributed by atoms with Gasteiger partial charge in [-0.2, -0.15) is 4.98 Å². The van der Waals surface area contributed by atoms with Crippen molar-refractivity contribution in [3.05, 3.63) is 58.4 Å². The Hall–Kier alpha value is -3.68. The highest BCUT2D eigenvalue weighted by Gasteiger charge is 2.35. The first-order chi connectivity index (χ1) is 14.6. The lowest BCUT2D eigenvalue weighted by Gasteiger charge is -2.25. The molecule has 8 nitrogen and oxygen atoms in total. The van der Waals surface area contributed by atoms with Crippen LogP contribution in [0.3, 0.4) is 0 Å². The van der Waals surface area contributed by atoms with Crippen molar-refractivity contribution < 1.29 is 9.59 Å². The topological polar surface area (TPSA) is 107 Å². The Balaban J connectivity index is 1.50. The maximum atomic E-state index is 13.1. The molecule has 30 heavy (non-hydrogen) atoms. The van der Waals surface area contributed by atoms with Crippen molar-refractivity contribution >= 4 is 40.0 Å². The molecule has 1 aromatic heterocycles. The van der Waals surface area contributed by atoms with Gasteiger partial charge in [0.1, 0.15) is 5.82 Å². The molecule has 0 aliphatic carbocycles. The second-order valence-corrected chi connectivity index (χ2v) is 7.67. The summed E-state index contributed by atoms with van der Waals surface area (Å²) in [5, 5.41) is 7.46. The molecule has 3 N–H and O–H groups in total. The average molecular weight is 403 g/mol. The third-order valence-corrected chi connectivity index (χ3v) is 5.71. The van der Waals surface area contributed by atoms with E-state index in [4.69, 9.17) is 0 Å². The minimum Gasteiger partial charge on any atom is -0.342 e. The normalized spacial score (nSPS) is 18.2. The Bertz CT molecular complexity index is 1210. The van der Waals surface area contributed by atoms with Gasteiger partial charge in [0.2, 0.25) is 17.8 Å². The molecule has 2 aliphatic heterocycles. The van der Waals surface area contributed by atoms with Crippen LogP contribution in [-0.4, -0.2) is 34.9 Å². The van der Waals surface area contributed by atoms with Gasteiger partial charge in [0.25, 0.3) is 5.56 Å². The van der Waals surface area contributed by atoms with Gasteiger partial charge < -0.3 is 15.5 Å². The molecule has 0 unspecified atom stereocenters. The van der Waals surface area contributed by atoms with Crippen LogP contribution in [0.2, 0.25) is 0 Å². The molecule has 152 valence electrons. The van der Waals surface area contributed by atoms with E-state index in [1.54, 1.807) is 0 Å². The molecular formula is C22H21N5O3. The molecule has 3 aromatic rings. The van der Waals surface area contributed by atoms with E-state index in [-0.39, 0.29) is 29.3 Å². The lowest BCUT2D eigenvalue weighted by molar-refractivity contribution is -0.123. The summed E-state index contributed by atoms with van der Waals surface area (Å²) >= 11 is 0. The van der Waals surface area contributed by atoms with Crippen LogP contribution in [-0.2, 0) is 9.59 Å². The van der Waals surface area contributed by atoms with Crippen LogP contribution >= 0.6 is 0 Å². The summed E-state index contributed by atoms with van der Waals surface area (Å²) in [5.41, 5.74) is 0.457. The van der Waals surface area contributed by atoms with Crippen molar-refractivity contribution in [2.45, 2.75) is 25.2 Å². The minimum atomic E-state index is -0.906. The van der Waals surface area contributed by atoms with E-state index < -0.39 is 11.8 Å². The Morgan fingerprint density at radius 2 is 1.83 bits per heavy atom. The highest BCUT2D eigenvalue weighted by molar-refractivity contribution is 6.08. The van der Waals surface area contributed by atoms with E-state index in [0.29, 0.717) is 11.6 Å². The van der Waals surface area contributed by atoms with Crippen molar-refractivity contribution in [2.24, 2.45) is 0 Å². The van der Waals surface area contributed by atoms with Crippen molar-refractivity contribution in [1.82, 2.24) is 9.97 Å². The highest BCUT2D eigenvalue weighted by atomic mass is 16.2. The monoisotopic (exact) mass is 403 g/mol. The fourth-order valence-corrected chi connectivity index (χ4v) is 4.22. The zero-order valence-corrected chi connectivity index (χ0v) is 16.3. The van der Waals surface area contributed by atoms with Crippen LogP contribution in [0.15, 0.2) is 47.3 Å². The van der Waals surface area contributed by atoms with Gasteiger partial charge >= 0.3 is 0 Å². The Labute approximate surface area is 172 Å². The standard InChI is InChI=1S/C22H21N5O3/c28-17-12-15(20(29)23-16-9-5-7-13-6-1-2-8-14(13)16)18-19(24-17)25-22(26-21(18)30)27-10-3-4-11-27/h1-2,5-9,15H,3-4,10-12H2,(H,23,29)(H2,24,25,26,28,30)/t15-/m1/s1. The minimum absolute atomic E-state index is 0.0998. The zero-order chi connectivity index (χ0) is 20.7. The average Bonchev–Trinajstić information content (AvgIpc) is 3.28. The highest BCUT2D eigenvalue weighted by Crippen LogP contribution is 2.32. The van der Waals surface area contributed by atoms with Crippen LogP contribution in [0.25, 0.3) is 10.8 Å². The number of nitrogens with one attached hydrogen (secondary N) is 3. The summed E-state index contributed by atoms with van der Waals surface area (Å²) in [6, 6.07) is 13.3. The van der Waals surface area contributed by atoms with Crippen LogP contribution in [0.1, 0.15) is 30.7 Å². The fourth-order valence-electron chi connectivity index (χ4n) is 4.22. The van der Waals surface area contributed by atoms with Crippen LogP contribution in [0.5, 0.6) is 0 Å². The van der Waals surface area contributed by atoms with Gasteiger partial charge in [-0.15, -0.1) is 0 Å². The molecule has 0 spiro atoms. The second kappa shape index (κ2) is 7.29. The molecule has 0 saturated carbocycles. The van der Waals surface area contributed by atoms with Crippen LogP contribution < -0.4 is 21.1 Å². The number of anilines is 3. The first-order valence-corrected chi connectivity index (χ1v) is 10.1. The molecule has 0 bridgehead atoms. The molecule has 2 amide bonds. The lowest BCUT2D eigenvalue weighted by atomic mass is 9.92. The third kappa shape index (κ3) is 3.20. The van der Waals surface area contributed by atoms with E-state index in [0.717, 1.165) is 36.7 Å². The largest absolute Gasteiger partial charge is 0.342 e. The first kappa shape index (κ1) is 18.4. The molecule has 3 heterocycles. The molecule has 5 rings (SSSR count). The number of benzene rings is 2. The number of rotatable bonds is 3. The predicted molar refractivity (Wildman–Crippen MR) is 115 cm³/mol. The van der Waals surface area contributed by atoms with Crippen LogP contribution in [0, 0.1) is 0 Å². The quantitative estimate of drug-likeness (QED) is 0.623. The Morgan fingerprint density at radius 1 is 1.07 bits per heavy atom. The van der Waals surface area contributed by atoms with Gasteiger partial charge in [0.05, 0.1) is 11.5 Å². The molecule has 1 saturated heterocycles. The van der Waals surface area contributed by atoms with E-state index in [9.17, 15) is 14.4 Å². The fraction of sp³-hybridized carbons (Fsp3) is 0.273. The van der Waals surface area contributed by atoms with E-state index in [1.807, 2.05) is 47.4 Å². The van der Waals surface area contributed by atoms with Crippen molar-refractivity contribution in [2.75, 3.05) is 28.6 Å². The molecule has 0 radical (unpaired) electrons. The summed E-state index contributed by atoms with van der Waals surface area (Å²) in [7, 11) is 0. The van der Waals surface area contributed by atoms with Crippen LogP contribution in [0.4, 0.5) is 17.5 Å². The summed E-state index contributed by atoms with van der Waals surface area (Å²) in [6.07, 6.45) is 1.96. The summed E-state index contributed by atoms with van der Waals surface area (Å²) in [6.45, 7) is 1.61. The van der Waals surface area contributed by atoms with Crippen molar-refractivity contribution in [3.8, 4) is 0 Å². The van der Waals surface area contributed by atoms with Gasteiger partial charge in [-0.3, -0.25) is 19.4 Å². The van der Waals surface area contributed by atoms with Gasteiger partial charge in [0, 0.05) is 30.6 Å². The number of fused-ring (bicyclic) bond motifs is 2. The maximum Gasteiger partial charge on any atom is 0.258 e. The number of H-pyrrole nitrogens is 1. The summed E-state index contributed by atoms with van der Waals surface area (Å²) < 4.78 is 0. The molecule has 8 heteroatoms. The summed E-state index contributed by atoms with van der Waals surface area (Å²) in [4.78, 5) is 47.5. The number of aromatic amines is 1. The Morgan fingerprint density at radius 3 is 2.67 bits per heavy atom. The number of carbonyl (C=O) groups excluding carboxylic acids is 2. The zero-order valence-electron chi connectivity index (χ0n) is 16.3. The lowest BCUT2D eigenvalue weighted by Crippen LogP contribution is -2.37. The SMILES string of the molecule is O=C1C[C@@H](C(=O)Nc2cccc3ccccc23)c2c(nc(N3CCCC3)[nH]c2=O)N1.